The molecule has 1 heterocycles. The molecule has 0 radical (unpaired) electrons. The molecule has 8 nitrogen and oxygen atoms in total. The van der Waals surface area contributed by atoms with Crippen molar-refractivity contribution in [1.82, 2.24) is 14.9 Å². The number of rotatable bonds is 7. The van der Waals surface area contributed by atoms with Crippen LogP contribution in [0.15, 0.2) is 28.2 Å². The van der Waals surface area contributed by atoms with Gasteiger partial charge in [-0.25, -0.2) is 9.78 Å². The van der Waals surface area contributed by atoms with E-state index in [4.69, 9.17) is 4.74 Å². The number of fused-ring (bicyclic) bond motifs is 1. The van der Waals surface area contributed by atoms with Crippen LogP contribution in [0.5, 0.6) is 0 Å². The molecule has 0 unspecified atom stereocenters. The number of carbonyl (C=O) groups excluding carboxylic acids is 2. The topological polar surface area (TPSA) is 111 Å². The van der Waals surface area contributed by atoms with E-state index in [1.54, 1.807) is 13.8 Å². The van der Waals surface area contributed by atoms with Crippen LogP contribution in [-0.2, 0) is 16.1 Å². The number of hydrogen-bond donors (Lipinski definition) is 2. The van der Waals surface area contributed by atoms with Crippen molar-refractivity contribution in [2.75, 3.05) is 7.11 Å². The van der Waals surface area contributed by atoms with Crippen LogP contribution in [0.4, 0.5) is 0 Å². The first-order valence-electron chi connectivity index (χ1n) is 9.08. The molecule has 28 heavy (non-hydrogen) atoms. The summed E-state index contributed by atoms with van der Waals surface area (Å²) in [4.78, 5) is 41.6. The van der Waals surface area contributed by atoms with Gasteiger partial charge in [0.05, 0.1) is 41.5 Å². The molecule has 0 aliphatic heterocycles. The lowest BCUT2D eigenvalue weighted by atomic mass is 10.1. The maximum absolute atomic E-state index is 13.0. The zero-order valence-corrected chi connectivity index (χ0v) is 16.8. The Morgan fingerprint density at radius 2 is 2.11 bits per heavy atom. The van der Waals surface area contributed by atoms with E-state index in [1.807, 2.05) is 0 Å². The predicted octanol–water partition coefficient (Wildman–Crippen LogP) is 1.32. The Hall–Kier alpha value is -2.39. The van der Waals surface area contributed by atoms with Gasteiger partial charge in [-0.15, -0.1) is 0 Å². The number of thioether (sulfide) groups is 1. The Balaban J connectivity index is 2.02. The van der Waals surface area contributed by atoms with Crippen molar-refractivity contribution >= 4 is 34.5 Å². The highest BCUT2D eigenvalue weighted by molar-refractivity contribution is 8.00. The van der Waals surface area contributed by atoms with Crippen LogP contribution in [0.2, 0.25) is 0 Å². The second-order valence-corrected chi connectivity index (χ2v) is 8.23. The van der Waals surface area contributed by atoms with Gasteiger partial charge < -0.3 is 15.2 Å². The molecule has 1 amide bonds. The summed E-state index contributed by atoms with van der Waals surface area (Å²) in [6, 6.07) is 4.76. The molecule has 9 heteroatoms. The third-order valence-corrected chi connectivity index (χ3v) is 5.45. The quantitative estimate of drug-likeness (QED) is 0.406. The fourth-order valence-electron chi connectivity index (χ4n) is 2.72. The number of nitrogens with zero attached hydrogens (tertiary/aromatic N) is 2. The summed E-state index contributed by atoms with van der Waals surface area (Å²) >= 11 is 1.15. The van der Waals surface area contributed by atoms with Crippen LogP contribution in [0, 0.1) is 0 Å². The number of esters is 1. The standard InChI is InChI=1S/C19H23N3O5S/c1-10(23)9-22-17(25)14-7-4-12(18(26)27-3)8-15(14)21-19(22)28-11(2)16(24)20-13-5-6-13/h4,7-8,10-11,13,23H,5-6,9H2,1-3H3,(H,20,24)/t10-,11+/m1/s1. The molecule has 2 atom stereocenters. The van der Waals surface area contributed by atoms with Gasteiger partial charge in [0.2, 0.25) is 5.91 Å². The molecular formula is C19H23N3O5S. The molecular weight excluding hydrogens is 382 g/mol. The fourth-order valence-corrected chi connectivity index (χ4v) is 3.65. The van der Waals surface area contributed by atoms with Crippen LogP contribution in [0.1, 0.15) is 37.0 Å². The van der Waals surface area contributed by atoms with Gasteiger partial charge in [-0.2, -0.15) is 0 Å². The first-order valence-corrected chi connectivity index (χ1v) is 9.96. The normalized spacial score (nSPS) is 15.9. The van der Waals surface area contributed by atoms with Crippen LogP contribution in [0.3, 0.4) is 0 Å². The molecule has 0 saturated heterocycles. The van der Waals surface area contributed by atoms with Gasteiger partial charge in [0.25, 0.3) is 5.56 Å². The summed E-state index contributed by atoms with van der Waals surface area (Å²) in [7, 11) is 1.28. The summed E-state index contributed by atoms with van der Waals surface area (Å²) in [6.07, 6.45) is 1.21. The maximum Gasteiger partial charge on any atom is 0.337 e. The molecule has 150 valence electrons. The second kappa shape index (κ2) is 8.32. The zero-order valence-electron chi connectivity index (χ0n) is 16.0. The molecule has 1 aliphatic rings. The van der Waals surface area contributed by atoms with Crippen molar-refractivity contribution in [3.63, 3.8) is 0 Å². The van der Waals surface area contributed by atoms with Crippen molar-refractivity contribution in [2.45, 2.75) is 55.8 Å². The molecule has 1 aromatic heterocycles. The summed E-state index contributed by atoms with van der Waals surface area (Å²) in [6.45, 7) is 3.38. The molecule has 0 bridgehead atoms. The molecule has 1 aliphatic carbocycles. The molecule has 2 aromatic rings. The first kappa shape index (κ1) is 20.3. The summed E-state index contributed by atoms with van der Waals surface area (Å²) < 4.78 is 6.09. The van der Waals surface area contributed by atoms with Crippen LogP contribution in [0.25, 0.3) is 10.9 Å². The Morgan fingerprint density at radius 1 is 1.39 bits per heavy atom. The van der Waals surface area contributed by atoms with Crippen LogP contribution >= 0.6 is 11.8 Å². The van der Waals surface area contributed by atoms with Gasteiger partial charge in [0, 0.05) is 6.04 Å². The fraction of sp³-hybridized carbons (Fsp3) is 0.474. The van der Waals surface area contributed by atoms with E-state index < -0.39 is 17.3 Å². The number of aromatic nitrogens is 2. The predicted molar refractivity (Wildman–Crippen MR) is 106 cm³/mol. The number of carbonyl (C=O) groups is 2. The number of amides is 1. The van der Waals surface area contributed by atoms with Crippen molar-refractivity contribution in [3.05, 3.63) is 34.1 Å². The number of aliphatic hydroxyl groups excluding tert-OH is 1. The Bertz CT molecular complexity index is 968. The van der Waals surface area contributed by atoms with Gasteiger partial charge >= 0.3 is 5.97 Å². The average molecular weight is 405 g/mol. The average Bonchev–Trinajstić information content (AvgIpc) is 3.47. The molecule has 1 aromatic carbocycles. The molecule has 3 rings (SSSR count). The number of aliphatic hydroxyl groups is 1. The highest BCUT2D eigenvalue weighted by Gasteiger charge is 2.27. The Kier molecular flexibility index (Phi) is 6.04. The minimum Gasteiger partial charge on any atom is -0.465 e. The van der Waals surface area contributed by atoms with E-state index in [0.29, 0.717) is 16.1 Å². The van der Waals surface area contributed by atoms with E-state index in [0.717, 1.165) is 24.6 Å². The van der Waals surface area contributed by atoms with E-state index >= 15 is 0 Å². The van der Waals surface area contributed by atoms with E-state index in [1.165, 1.54) is 29.9 Å². The minimum absolute atomic E-state index is 0.0554. The molecule has 1 fully saturated rings. The lowest BCUT2D eigenvalue weighted by Gasteiger charge is -2.17. The number of methoxy groups -OCH3 is 1. The number of benzene rings is 1. The van der Waals surface area contributed by atoms with Crippen molar-refractivity contribution in [3.8, 4) is 0 Å². The van der Waals surface area contributed by atoms with E-state index in [2.05, 4.69) is 10.3 Å². The van der Waals surface area contributed by atoms with Gasteiger partial charge in [0.1, 0.15) is 0 Å². The van der Waals surface area contributed by atoms with E-state index in [9.17, 15) is 19.5 Å². The van der Waals surface area contributed by atoms with Gasteiger partial charge in [0.15, 0.2) is 5.16 Å². The Morgan fingerprint density at radius 3 is 2.71 bits per heavy atom. The lowest BCUT2D eigenvalue weighted by molar-refractivity contribution is -0.120. The van der Waals surface area contributed by atoms with Crippen molar-refractivity contribution < 1.29 is 19.4 Å². The highest BCUT2D eigenvalue weighted by Crippen LogP contribution is 2.25. The largest absolute Gasteiger partial charge is 0.465 e. The van der Waals surface area contributed by atoms with Crippen LogP contribution < -0.4 is 10.9 Å². The summed E-state index contributed by atoms with van der Waals surface area (Å²) in [5.41, 5.74) is 0.289. The smallest absolute Gasteiger partial charge is 0.337 e. The number of ether oxygens (including phenoxy) is 1. The lowest BCUT2D eigenvalue weighted by Crippen LogP contribution is -2.34. The molecule has 2 N–H and O–H groups in total. The SMILES string of the molecule is COC(=O)c1ccc2c(=O)n(C[C@@H](C)O)c(S[C@@H](C)C(=O)NC3CC3)nc2c1. The monoisotopic (exact) mass is 405 g/mol. The summed E-state index contributed by atoms with van der Waals surface area (Å²) in [5.74, 6) is -0.642. The van der Waals surface area contributed by atoms with Gasteiger partial charge in [-0.1, -0.05) is 11.8 Å². The molecule has 0 spiro atoms. The third kappa shape index (κ3) is 4.53. The minimum atomic E-state index is -0.763. The molecule has 1 saturated carbocycles. The Labute approximate surface area is 166 Å². The van der Waals surface area contributed by atoms with Crippen LogP contribution in [-0.4, -0.2) is 51.0 Å². The first-order chi connectivity index (χ1) is 13.3. The highest BCUT2D eigenvalue weighted by atomic mass is 32.2. The number of nitrogens with one attached hydrogen (secondary N) is 1. The summed E-state index contributed by atoms with van der Waals surface area (Å²) in [5, 5.41) is 12.9. The van der Waals surface area contributed by atoms with Gasteiger partial charge in [-0.3, -0.25) is 14.2 Å². The van der Waals surface area contributed by atoms with Crippen molar-refractivity contribution in [2.24, 2.45) is 0 Å². The number of hydrogen-bond acceptors (Lipinski definition) is 7. The van der Waals surface area contributed by atoms with Gasteiger partial charge in [-0.05, 0) is 44.9 Å². The van der Waals surface area contributed by atoms with Crippen molar-refractivity contribution in [1.29, 1.82) is 0 Å². The zero-order chi connectivity index (χ0) is 20.4. The third-order valence-electron chi connectivity index (χ3n) is 4.36. The maximum atomic E-state index is 13.0. The second-order valence-electron chi connectivity index (χ2n) is 6.93. The van der Waals surface area contributed by atoms with E-state index in [-0.39, 0.29) is 29.6 Å².